The van der Waals surface area contributed by atoms with Crippen LogP contribution in [0.4, 0.5) is 4.79 Å². The first kappa shape index (κ1) is 9.83. The smallest absolute Gasteiger partial charge is 0.326 e. The molecule has 0 aromatic carbocycles. The highest BCUT2D eigenvalue weighted by Crippen LogP contribution is 2.10. The average molecular weight is 186 g/mol. The summed E-state index contributed by atoms with van der Waals surface area (Å²) in [5, 5.41) is 8.73. The maximum absolute atomic E-state index is 11.5. The molecule has 1 heterocycles. The third-order valence-corrected chi connectivity index (χ3v) is 2.29. The average Bonchev–Trinajstić information content (AvgIpc) is 2.08. The van der Waals surface area contributed by atoms with Gasteiger partial charge in [-0.05, 0) is 13.3 Å². The molecule has 5 heteroatoms. The van der Waals surface area contributed by atoms with E-state index in [0.717, 1.165) is 6.42 Å². The standard InChI is InChI=1S/C8H14N2O3/c1-6(7(11)12)10-5-3-4-9(2)8(10)13/h6H,3-5H2,1-2H3,(H,11,12). The number of carbonyl (C=O) groups excluding carboxylic acids is 1. The second-order valence-corrected chi connectivity index (χ2v) is 3.27. The summed E-state index contributed by atoms with van der Waals surface area (Å²) in [5.74, 6) is -0.955. The van der Waals surface area contributed by atoms with Crippen molar-refractivity contribution in [3.8, 4) is 0 Å². The Balaban J connectivity index is 2.68. The topological polar surface area (TPSA) is 60.9 Å². The maximum atomic E-state index is 11.5. The molecule has 0 saturated carbocycles. The molecule has 1 N–H and O–H groups in total. The minimum atomic E-state index is -0.955. The van der Waals surface area contributed by atoms with E-state index in [1.54, 1.807) is 11.9 Å². The van der Waals surface area contributed by atoms with Crippen LogP contribution in [0.5, 0.6) is 0 Å². The van der Waals surface area contributed by atoms with Gasteiger partial charge in [0.25, 0.3) is 0 Å². The highest BCUT2D eigenvalue weighted by molar-refractivity contribution is 5.82. The van der Waals surface area contributed by atoms with E-state index in [4.69, 9.17) is 5.11 Å². The van der Waals surface area contributed by atoms with E-state index in [9.17, 15) is 9.59 Å². The summed E-state index contributed by atoms with van der Waals surface area (Å²) < 4.78 is 0. The Bertz CT molecular complexity index is 229. The number of nitrogens with zero attached hydrogens (tertiary/aromatic N) is 2. The number of rotatable bonds is 2. The minimum absolute atomic E-state index is 0.193. The van der Waals surface area contributed by atoms with E-state index in [1.165, 1.54) is 11.8 Å². The lowest BCUT2D eigenvalue weighted by Gasteiger charge is -2.35. The van der Waals surface area contributed by atoms with E-state index in [1.807, 2.05) is 0 Å². The zero-order valence-corrected chi connectivity index (χ0v) is 7.86. The molecular weight excluding hydrogens is 172 g/mol. The maximum Gasteiger partial charge on any atom is 0.326 e. The van der Waals surface area contributed by atoms with Gasteiger partial charge in [0.05, 0.1) is 0 Å². The predicted molar refractivity (Wildman–Crippen MR) is 46.4 cm³/mol. The predicted octanol–water partition coefficient (Wildman–Crippen LogP) is 0.217. The molecule has 1 unspecified atom stereocenters. The Kier molecular flexibility index (Phi) is 2.75. The first-order valence-electron chi connectivity index (χ1n) is 4.28. The Hall–Kier alpha value is -1.26. The molecule has 74 valence electrons. The fourth-order valence-corrected chi connectivity index (χ4v) is 1.38. The van der Waals surface area contributed by atoms with Crippen molar-refractivity contribution in [1.29, 1.82) is 0 Å². The summed E-state index contributed by atoms with van der Waals surface area (Å²) in [6, 6.07) is -0.920. The van der Waals surface area contributed by atoms with Crippen molar-refractivity contribution in [1.82, 2.24) is 9.80 Å². The van der Waals surface area contributed by atoms with Crippen molar-refractivity contribution in [2.45, 2.75) is 19.4 Å². The van der Waals surface area contributed by atoms with Crippen LogP contribution in [0.1, 0.15) is 13.3 Å². The first-order valence-corrected chi connectivity index (χ1v) is 4.28. The van der Waals surface area contributed by atoms with Gasteiger partial charge in [0.1, 0.15) is 6.04 Å². The molecule has 2 amide bonds. The van der Waals surface area contributed by atoms with Gasteiger partial charge in [0.2, 0.25) is 0 Å². The Morgan fingerprint density at radius 2 is 2.15 bits per heavy atom. The summed E-state index contributed by atoms with van der Waals surface area (Å²) >= 11 is 0. The Morgan fingerprint density at radius 3 is 2.69 bits per heavy atom. The highest BCUT2D eigenvalue weighted by atomic mass is 16.4. The van der Waals surface area contributed by atoms with Crippen LogP contribution in [0.25, 0.3) is 0 Å². The summed E-state index contributed by atoms with van der Waals surface area (Å²) in [6.07, 6.45) is 0.833. The van der Waals surface area contributed by atoms with Gasteiger partial charge in [0.15, 0.2) is 0 Å². The fourth-order valence-electron chi connectivity index (χ4n) is 1.38. The molecule has 0 aliphatic carbocycles. The zero-order chi connectivity index (χ0) is 10.0. The molecule has 0 bridgehead atoms. The quantitative estimate of drug-likeness (QED) is 0.671. The lowest BCUT2D eigenvalue weighted by Crippen LogP contribution is -2.53. The minimum Gasteiger partial charge on any atom is -0.480 e. The molecule has 1 atom stereocenters. The van der Waals surface area contributed by atoms with E-state index in [2.05, 4.69) is 0 Å². The molecule has 0 radical (unpaired) electrons. The van der Waals surface area contributed by atoms with Gasteiger partial charge in [-0.25, -0.2) is 9.59 Å². The van der Waals surface area contributed by atoms with Crippen molar-refractivity contribution in [2.75, 3.05) is 20.1 Å². The van der Waals surface area contributed by atoms with Gasteiger partial charge in [-0.2, -0.15) is 0 Å². The molecule has 0 aromatic heterocycles. The van der Waals surface area contributed by atoms with Crippen LogP contribution in [0.2, 0.25) is 0 Å². The van der Waals surface area contributed by atoms with E-state index >= 15 is 0 Å². The lowest BCUT2D eigenvalue weighted by atomic mass is 10.2. The largest absolute Gasteiger partial charge is 0.480 e. The Labute approximate surface area is 76.9 Å². The number of urea groups is 1. The van der Waals surface area contributed by atoms with Crippen LogP contribution in [-0.4, -0.2) is 53.1 Å². The summed E-state index contributed by atoms with van der Waals surface area (Å²) in [7, 11) is 1.68. The van der Waals surface area contributed by atoms with E-state index < -0.39 is 12.0 Å². The van der Waals surface area contributed by atoms with Crippen molar-refractivity contribution in [3.05, 3.63) is 0 Å². The number of carboxylic acids is 1. The van der Waals surface area contributed by atoms with Gasteiger partial charge in [0, 0.05) is 20.1 Å². The van der Waals surface area contributed by atoms with E-state index in [0.29, 0.717) is 13.1 Å². The molecule has 1 aliphatic rings. The normalized spacial score (nSPS) is 20.3. The van der Waals surface area contributed by atoms with Gasteiger partial charge < -0.3 is 14.9 Å². The summed E-state index contributed by atoms with van der Waals surface area (Å²) in [5.41, 5.74) is 0. The molecule has 13 heavy (non-hydrogen) atoms. The number of carboxylic acid groups (broad SMARTS) is 1. The van der Waals surface area contributed by atoms with Crippen molar-refractivity contribution >= 4 is 12.0 Å². The van der Waals surface area contributed by atoms with Crippen LogP contribution < -0.4 is 0 Å². The number of carbonyl (C=O) groups is 2. The third kappa shape index (κ3) is 1.91. The van der Waals surface area contributed by atoms with E-state index in [-0.39, 0.29) is 6.03 Å². The molecule has 0 spiro atoms. The van der Waals surface area contributed by atoms with Gasteiger partial charge in [-0.1, -0.05) is 0 Å². The van der Waals surface area contributed by atoms with Crippen LogP contribution in [0, 0.1) is 0 Å². The SMILES string of the molecule is CC(C(=O)O)N1CCCN(C)C1=O. The zero-order valence-electron chi connectivity index (χ0n) is 7.86. The third-order valence-electron chi connectivity index (χ3n) is 2.29. The molecule has 5 nitrogen and oxygen atoms in total. The molecule has 1 fully saturated rings. The second kappa shape index (κ2) is 3.64. The van der Waals surface area contributed by atoms with Gasteiger partial charge >= 0.3 is 12.0 Å². The number of amides is 2. The fraction of sp³-hybridized carbons (Fsp3) is 0.750. The molecular formula is C8H14N2O3. The summed E-state index contributed by atoms with van der Waals surface area (Å²) in [6.45, 7) is 2.78. The number of hydrogen-bond acceptors (Lipinski definition) is 2. The highest BCUT2D eigenvalue weighted by Gasteiger charge is 2.30. The Morgan fingerprint density at radius 1 is 1.54 bits per heavy atom. The molecule has 1 rings (SSSR count). The van der Waals surface area contributed by atoms with Crippen LogP contribution >= 0.6 is 0 Å². The monoisotopic (exact) mass is 186 g/mol. The lowest BCUT2D eigenvalue weighted by molar-refractivity contribution is -0.142. The number of hydrogen-bond donors (Lipinski definition) is 1. The van der Waals surface area contributed by atoms with Gasteiger partial charge in [-0.15, -0.1) is 0 Å². The van der Waals surface area contributed by atoms with Crippen LogP contribution in [0.3, 0.4) is 0 Å². The molecule has 1 saturated heterocycles. The number of aliphatic carboxylic acids is 1. The molecule has 0 aromatic rings. The van der Waals surface area contributed by atoms with Gasteiger partial charge in [-0.3, -0.25) is 0 Å². The first-order chi connectivity index (χ1) is 6.04. The molecule has 1 aliphatic heterocycles. The summed E-state index contributed by atoms with van der Waals surface area (Å²) in [4.78, 5) is 25.0. The second-order valence-electron chi connectivity index (χ2n) is 3.27. The van der Waals surface area contributed by atoms with Crippen LogP contribution in [-0.2, 0) is 4.79 Å². The van der Waals surface area contributed by atoms with Crippen molar-refractivity contribution in [3.63, 3.8) is 0 Å². The van der Waals surface area contributed by atoms with Crippen molar-refractivity contribution in [2.24, 2.45) is 0 Å². The van der Waals surface area contributed by atoms with Crippen molar-refractivity contribution < 1.29 is 14.7 Å². The van der Waals surface area contributed by atoms with Crippen LogP contribution in [0.15, 0.2) is 0 Å².